The van der Waals surface area contributed by atoms with Crippen molar-refractivity contribution in [3.05, 3.63) is 29.8 Å². The Labute approximate surface area is 121 Å². The van der Waals surface area contributed by atoms with Crippen molar-refractivity contribution in [1.29, 1.82) is 0 Å². The predicted octanol–water partition coefficient (Wildman–Crippen LogP) is 4.42. The lowest BCUT2D eigenvalue weighted by Crippen LogP contribution is -2.37. The molecular weight excluding hydrogens is 250 g/mol. The largest absolute Gasteiger partial charge is 0.327 e. The van der Waals surface area contributed by atoms with E-state index >= 15 is 0 Å². The van der Waals surface area contributed by atoms with E-state index in [0.717, 1.165) is 17.8 Å². The molecule has 1 aromatic carbocycles. The number of fused-ring (bicyclic) bond motifs is 1. The highest BCUT2D eigenvalue weighted by atomic mass is 32.2. The van der Waals surface area contributed by atoms with E-state index in [-0.39, 0.29) is 0 Å². The SMILES string of the molecule is CCC1CCC(N)C(CC2CSc3ccccc32)C1. The second-order valence-corrected chi connectivity index (χ2v) is 7.35. The molecule has 1 fully saturated rings. The van der Waals surface area contributed by atoms with Crippen LogP contribution in [-0.4, -0.2) is 11.8 Å². The Morgan fingerprint density at radius 3 is 2.95 bits per heavy atom. The molecule has 19 heavy (non-hydrogen) atoms. The quantitative estimate of drug-likeness (QED) is 0.883. The highest BCUT2D eigenvalue weighted by Gasteiger charge is 2.32. The van der Waals surface area contributed by atoms with E-state index in [1.54, 1.807) is 5.56 Å². The molecule has 2 N–H and O–H groups in total. The van der Waals surface area contributed by atoms with Gasteiger partial charge in [0.15, 0.2) is 0 Å². The Balaban J connectivity index is 1.68. The van der Waals surface area contributed by atoms with Gasteiger partial charge >= 0.3 is 0 Å². The summed E-state index contributed by atoms with van der Waals surface area (Å²) in [6.07, 6.45) is 6.59. The van der Waals surface area contributed by atoms with Crippen LogP contribution < -0.4 is 5.73 Å². The van der Waals surface area contributed by atoms with Crippen molar-refractivity contribution in [3.63, 3.8) is 0 Å². The molecule has 4 atom stereocenters. The molecule has 1 aliphatic carbocycles. The van der Waals surface area contributed by atoms with Gasteiger partial charge in [0.1, 0.15) is 0 Å². The first-order valence-corrected chi connectivity index (χ1v) is 8.73. The minimum absolute atomic E-state index is 0.445. The summed E-state index contributed by atoms with van der Waals surface area (Å²) in [6.45, 7) is 2.33. The summed E-state index contributed by atoms with van der Waals surface area (Å²) in [4.78, 5) is 1.50. The highest BCUT2D eigenvalue weighted by Crippen LogP contribution is 2.45. The van der Waals surface area contributed by atoms with Gasteiger partial charge in [-0.05, 0) is 55.1 Å². The van der Waals surface area contributed by atoms with Crippen LogP contribution in [0, 0.1) is 11.8 Å². The normalized spacial score (nSPS) is 34.2. The highest BCUT2D eigenvalue weighted by molar-refractivity contribution is 7.99. The molecule has 0 aromatic heterocycles. The van der Waals surface area contributed by atoms with Crippen molar-refractivity contribution in [2.45, 2.75) is 55.9 Å². The number of thioether (sulfide) groups is 1. The minimum atomic E-state index is 0.445. The van der Waals surface area contributed by atoms with Crippen LogP contribution in [0.4, 0.5) is 0 Å². The summed E-state index contributed by atoms with van der Waals surface area (Å²) in [5.41, 5.74) is 7.97. The van der Waals surface area contributed by atoms with Gasteiger partial charge in [0, 0.05) is 16.7 Å². The summed E-state index contributed by atoms with van der Waals surface area (Å²) in [7, 11) is 0. The zero-order valence-corrected chi connectivity index (χ0v) is 12.7. The maximum atomic E-state index is 6.39. The van der Waals surface area contributed by atoms with E-state index in [1.165, 1.54) is 42.8 Å². The third-order valence-corrected chi connectivity index (χ3v) is 6.37. The third-order valence-electron chi connectivity index (χ3n) is 5.11. The first-order chi connectivity index (χ1) is 9.28. The van der Waals surface area contributed by atoms with E-state index in [2.05, 4.69) is 31.2 Å². The van der Waals surface area contributed by atoms with E-state index in [9.17, 15) is 0 Å². The molecule has 1 heterocycles. The number of rotatable bonds is 3. The fourth-order valence-corrected chi connectivity index (χ4v) is 5.09. The Kier molecular flexibility index (Phi) is 4.18. The predicted molar refractivity (Wildman–Crippen MR) is 83.6 cm³/mol. The molecule has 2 aliphatic rings. The molecule has 0 spiro atoms. The van der Waals surface area contributed by atoms with Gasteiger partial charge in [-0.1, -0.05) is 31.5 Å². The van der Waals surface area contributed by atoms with Gasteiger partial charge in [0.2, 0.25) is 0 Å². The molecule has 3 rings (SSSR count). The lowest BCUT2D eigenvalue weighted by molar-refractivity contribution is 0.211. The van der Waals surface area contributed by atoms with Crippen molar-refractivity contribution in [3.8, 4) is 0 Å². The van der Waals surface area contributed by atoms with E-state index in [1.807, 2.05) is 11.8 Å². The summed E-state index contributed by atoms with van der Waals surface area (Å²) in [5.74, 6) is 3.68. The molecule has 0 bridgehead atoms. The summed E-state index contributed by atoms with van der Waals surface area (Å²) in [6, 6.07) is 9.39. The number of benzene rings is 1. The smallest absolute Gasteiger partial charge is 0.0107 e. The van der Waals surface area contributed by atoms with Crippen LogP contribution in [0.25, 0.3) is 0 Å². The van der Waals surface area contributed by atoms with Crippen molar-refractivity contribution >= 4 is 11.8 Å². The standard InChI is InChI=1S/C17H25NS/c1-2-12-7-8-16(18)13(9-12)10-14-11-19-17-6-4-3-5-15(14)17/h3-6,12-14,16H,2,7-11,18H2,1H3. The minimum Gasteiger partial charge on any atom is -0.327 e. The number of nitrogens with two attached hydrogens (primary N) is 1. The van der Waals surface area contributed by atoms with Gasteiger partial charge < -0.3 is 5.73 Å². The van der Waals surface area contributed by atoms with Gasteiger partial charge in [-0.2, -0.15) is 0 Å². The van der Waals surface area contributed by atoms with Gasteiger partial charge in [-0.15, -0.1) is 11.8 Å². The first kappa shape index (κ1) is 13.5. The van der Waals surface area contributed by atoms with Crippen LogP contribution in [0.5, 0.6) is 0 Å². The van der Waals surface area contributed by atoms with Crippen molar-refractivity contribution in [1.82, 2.24) is 0 Å². The van der Waals surface area contributed by atoms with E-state index in [0.29, 0.717) is 6.04 Å². The Bertz CT molecular complexity index is 431. The fraction of sp³-hybridized carbons (Fsp3) is 0.647. The molecule has 104 valence electrons. The molecule has 1 nitrogen and oxygen atoms in total. The van der Waals surface area contributed by atoms with Crippen molar-refractivity contribution in [2.24, 2.45) is 17.6 Å². The molecule has 1 aromatic rings. The third kappa shape index (κ3) is 2.85. The number of hydrogen-bond donors (Lipinski definition) is 1. The van der Waals surface area contributed by atoms with E-state index in [4.69, 9.17) is 5.73 Å². The van der Waals surface area contributed by atoms with Gasteiger partial charge in [-0.3, -0.25) is 0 Å². The lowest BCUT2D eigenvalue weighted by atomic mass is 9.73. The molecule has 2 heteroatoms. The van der Waals surface area contributed by atoms with Crippen molar-refractivity contribution < 1.29 is 0 Å². The fourth-order valence-electron chi connectivity index (χ4n) is 3.82. The van der Waals surface area contributed by atoms with Crippen LogP contribution in [0.15, 0.2) is 29.2 Å². The van der Waals surface area contributed by atoms with E-state index < -0.39 is 0 Å². The average molecular weight is 275 g/mol. The zero-order chi connectivity index (χ0) is 13.2. The van der Waals surface area contributed by atoms with Gasteiger partial charge in [0.25, 0.3) is 0 Å². The summed E-state index contributed by atoms with van der Waals surface area (Å²) < 4.78 is 0. The topological polar surface area (TPSA) is 26.0 Å². The second kappa shape index (κ2) is 5.88. The van der Waals surface area contributed by atoms with Crippen LogP contribution >= 0.6 is 11.8 Å². The van der Waals surface area contributed by atoms with Gasteiger partial charge in [-0.25, -0.2) is 0 Å². The second-order valence-electron chi connectivity index (χ2n) is 6.29. The molecule has 1 saturated carbocycles. The Hall–Kier alpha value is -0.470. The number of hydrogen-bond acceptors (Lipinski definition) is 2. The molecule has 0 amide bonds. The van der Waals surface area contributed by atoms with Gasteiger partial charge in [0.05, 0.1) is 0 Å². The molecule has 4 unspecified atom stereocenters. The average Bonchev–Trinajstić information content (AvgIpc) is 2.85. The monoisotopic (exact) mass is 275 g/mol. The molecular formula is C17H25NS. The summed E-state index contributed by atoms with van der Waals surface area (Å²) >= 11 is 2.03. The van der Waals surface area contributed by atoms with Crippen LogP contribution in [0.3, 0.4) is 0 Å². The summed E-state index contributed by atoms with van der Waals surface area (Å²) in [5, 5.41) is 0. The molecule has 0 radical (unpaired) electrons. The first-order valence-electron chi connectivity index (χ1n) is 7.75. The Morgan fingerprint density at radius 2 is 2.11 bits per heavy atom. The van der Waals surface area contributed by atoms with Crippen molar-refractivity contribution in [2.75, 3.05) is 5.75 Å². The van der Waals surface area contributed by atoms with Crippen LogP contribution in [0.1, 0.15) is 50.5 Å². The molecule has 1 aliphatic heterocycles. The molecule has 0 saturated heterocycles. The lowest BCUT2D eigenvalue weighted by Gasteiger charge is -2.35. The Morgan fingerprint density at radius 1 is 1.26 bits per heavy atom. The zero-order valence-electron chi connectivity index (χ0n) is 11.8. The van der Waals surface area contributed by atoms with Crippen LogP contribution in [-0.2, 0) is 0 Å². The maximum Gasteiger partial charge on any atom is 0.0107 e. The van der Waals surface area contributed by atoms with Crippen LogP contribution in [0.2, 0.25) is 0 Å². The maximum absolute atomic E-state index is 6.39.